The monoisotopic (exact) mass is 266 g/mol. The smallest absolute Gasteiger partial charge is 0.243 e. The van der Waals surface area contributed by atoms with Crippen molar-refractivity contribution in [2.45, 2.75) is 25.9 Å². The number of piperazine rings is 1. The lowest BCUT2D eigenvalue weighted by Gasteiger charge is -2.23. The first kappa shape index (κ1) is 13.5. The van der Waals surface area contributed by atoms with E-state index in [9.17, 15) is 9.59 Å². The second-order valence-corrected chi connectivity index (χ2v) is 4.33. The first-order valence-corrected chi connectivity index (χ1v) is 6.35. The maximum atomic E-state index is 11.8. The molecule has 3 N–H and O–H groups in total. The number of carbonyl (C=O) groups is 2. The van der Waals surface area contributed by atoms with Crippen molar-refractivity contribution in [2.75, 3.05) is 19.6 Å². The molecule has 1 aromatic rings. The maximum Gasteiger partial charge on any atom is 0.243 e. The van der Waals surface area contributed by atoms with Crippen LogP contribution in [-0.4, -0.2) is 52.3 Å². The molecule has 1 fully saturated rings. The highest BCUT2D eigenvalue weighted by molar-refractivity contribution is 5.89. The molecule has 2 rings (SSSR count). The van der Waals surface area contributed by atoms with Crippen LogP contribution in [0.3, 0.4) is 0 Å². The largest absolute Gasteiger partial charge is 0.354 e. The second-order valence-electron chi connectivity index (χ2n) is 4.33. The molecule has 104 valence electrons. The van der Waals surface area contributed by atoms with Crippen LogP contribution in [0.15, 0.2) is 6.33 Å². The van der Waals surface area contributed by atoms with Gasteiger partial charge in [-0.25, -0.2) is 0 Å². The van der Waals surface area contributed by atoms with Gasteiger partial charge in [-0.05, 0) is 6.92 Å². The Kier molecular flexibility index (Phi) is 4.45. The molecule has 2 heterocycles. The summed E-state index contributed by atoms with van der Waals surface area (Å²) in [6.45, 7) is 4.02. The molecule has 1 unspecified atom stereocenters. The predicted octanol–water partition coefficient (Wildman–Crippen LogP) is -1.96. The zero-order valence-corrected chi connectivity index (χ0v) is 10.8. The molecule has 19 heavy (non-hydrogen) atoms. The molecule has 1 aliphatic rings. The van der Waals surface area contributed by atoms with Crippen LogP contribution in [0.5, 0.6) is 0 Å². The zero-order valence-electron chi connectivity index (χ0n) is 10.8. The van der Waals surface area contributed by atoms with E-state index in [4.69, 9.17) is 0 Å². The number of aryl methyl sites for hydroxylation is 1. The summed E-state index contributed by atoms with van der Waals surface area (Å²) >= 11 is 0. The van der Waals surface area contributed by atoms with Crippen molar-refractivity contribution in [3.63, 3.8) is 0 Å². The van der Waals surface area contributed by atoms with Crippen molar-refractivity contribution in [1.82, 2.24) is 30.7 Å². The lowest BCUT2D eigenvalue weighted by molar-refractivity contribution is -0.130. The summed E-state index contributed by atoms with van der Waals surface area (Å²) in [5, 5.41) is 16.1. The van der Waals surface area contributed by atoms with Gasteiger partial charge in [0.1, 0.15) is 18.2 Å². The number of carbonyl (C=O) groups excluding carboxylic acids is 2. The fraction of sp³-hybridized carbons (Fsp3) is 0.636. The Morgan fingerprint density at radius 1 is 1.63 bits per heavy atom. The molecular formula is C11H18N6O2. The standard InChI is InChI=1S/C11H18N6O2/c1-2-17-7-14-16-9(17)3-4-13-11(19)8-5-12-6-10(18)15-8/h7-8,12H,2-6H2,1H3,(H,13,19)(H,15,18). The van der Waals surface area contributed by atoms with Crippen LogP contribution in [0.2, 0.25) is 0 Å². The lowest BCUT2D eigenvalue weighted by Crippen LogP contribution is -2.58. The Hall–Kier alpha value is -1.96. The normalized spacial score (nSPS) is 19.0. The summed E-state index contributed by atoms with van der Waals surface area (Å²) in [7, 11) is 0. The maximum absolute atomic E-state index is 11.8. The van der Waals surface area contributed by atoms with E-state index in [2.05, 4.69) is 26.1 Å². The molecular weight excluding hydrogens is 248 g/mol. The molecule has 0 radical (unpaired) electrons. The van der Waals surface area contributed by atoms with Crippen molar-refractivity contribution >= 4 is 11.8 Å². The van der Waals surface area contributed by atoms with Gasteiger partial charge in [-0.1, -0.05) is 0 Å². The van der Waals surface area contributed by atoms with E-state index in [0.29, 0.717) is 19.5 Å². The fourth-order valence-electron chi connectivity index (χ4n) is 1.94. The number of hydrogen-bond donors (Lipinski definition) is 3. The molecule has 1 atom stereocenters. The van der Waals surface area contributed by atoms with Crippen LogP contribution >= 0.6 is 0 Å². The van der Waals surface area contributed by atoms with Gasteiger partial charge in [0.15, 0.2) is 0 Å². The molecule has 8 heteroatoms. The van der Waals surface area contributed by atoms with E-state index in [1.165, 1.54) is 0 Å². The molecule has 1 aliphatic heterocycles. The van der Waals surface area contributed by atoms with Gasteiger partial charge in [0.2, 0.25) is 11.8 Å². The van der Waals surface area contributed by atoms with Gasteiger partial charge in [0, 0.05) is 26.1 Å². The van der Waals surface area contributed by atoms with E-state index in [0.717, 1.165) is 12.4 Å². The van der Waals surface area contributed by atoms with E-state index < -0.39 is 6.04 Å². The van der Waals surface area contributed by atoms with Crippen molar-refractivity contribution in [2.24, 2.45) is 0 Å². The highest BCUT2D eigenvalue weighted by atomic mass is 16.2. The number of amides is 2. The molecule has 0 spiro atoms. The number of nitrogens with zero attached hydrogens (tertiary/aromatic N) is 3. The van der Waals surface area contributed by atoms with E-state index in [-0.39, 0.29) is 18.4 Å². The predicted molar refractivity (Wildman–Crippen MR) is 67.2 cm³/mol. The number of rotatable bonds is 5. The molecule has 2 amide bonds. The summed E-state index contributed by atoms with van der Waals surface area (Å²) in [5.74, 6) is 0.508. The molecule has 1 saturated heterocycles. The van der Waals surface area contributed by atoms with Crippen molar-refractivity contribution in [1.29, 1.82) is 0 Å². The second kappa shape index (κ2) is 6.28. The number of aromatic nitrogens is 3. The van der Waals surface area contributed by atoms with E-state index in [1.54, 1.807) is 6.33 Å². The molecule has 0 aliphatic carbocycles. The highest BCUT2D eigenvalue weighted by Crippen LogP contribution is 1.95. The first-order chi connectivity index (χ1) is 9.20. The number of nitrogens with one attached hydrogen (secondary N) is 3. The number of hydrogen-bond acceptors (Lipinski definition) is 5. The van der Waals surface area contributed by atoms with Gasteiger partial charge in [-0.2, -0.15) is 0 Å². The summed E-state index contributed by atoms with van der Waals surface area (Å²) in [6, 6.07) is -0.495. The van der Waals surface area contributed by atoms with Crippen LogP contribution in [0.1, 0.15) is 12.7 Å². The fourth-order valence-corrected chi connectivity index (χ4v) is 1.94. The van der Waals surface area contributed by atoms with Crippen LogP contribution in [-0.2, 0) is 22.6 Å². The average molecular weight is 266 g/mol. The Morgan fingerprint density at radius 2 is 2.47 bits per heavy atom. The highest BCUT2D eigenvalue weighted by Gasteiger charge is 2.23. The van der Waals surface area contributed by atoms with Crippen molar-refractivity contribution in [3.8, 4) is 0 Å². The van der Waals surface area contributed by atoms with Crippen LogP contribution in [0.4, 0.5) is 0 Å². The van der Waals surface area contributed by atoms with Gasteiger partial charge in [0.05, 0.1) is 6.54 Å². The third-order valence-corrected chi connectivity index (χ3v) is 2.97. The Labute approximate surface area is 111 Å². The average Bonchev–Trinajstić information content (AvgIpc) is 2.86. The molecule has 0 saturated carbocycles. The first-order valence-electron chi connectivity index (χ1n) is 6.35. The van der Waals surface area contributed by atoms with Gasteiger partial charge < -0.3 is 20.5 Å². The zero-order chi connectivity index (χ0) is 13.7. The van der Waals surface area contributed by atoms with Crippen molar-refractivity contribution in [3.05, 3.63) is 12.2 Å². The summed E-state index contributed by atoms with van der Waals surface area (Å²) in [5.41, 5.74) is 0. The van der Waals surface area contributed by atoms with Crippen LogP contribution in [0, 0.1) is 0 Å². The molecule has 1 aromatic heterocycles. The van der Waals surface area contributed by atoms with Gasteiger partial charge in [0.25, 0.3) is 0 Å². The van der Waals surface area contributed by atoms with Gasteiger partial charge >= 0.3 is 0 Å². The third-order valence-electron chi connectivity index (χ3n) is 2.97. The van der Waals surface area contributed by atoms with Crippen LogP contribution in [0.25, 0.3) is 0 Å². The lowest BCUT2D eigenvalue weighted by atomic mass is 10.2. The Bertz CT molecular complexity index is 458. The minimum atomic E-state index is -0.495. The summed E-state index contributed by atoms with van der Waals surface area (Å²) in [4.78, 5) is 23.0. The summed E-state index contributed by atoms with van der Waals surface area (Å²) in [6.07, 6.45) is 2.29. The molecule has 0 aromatic carbocycles. The topological polar surface area (TPSA) is 101 Å². The Balaban J connectivity index is 1.76. The SMILES string of the molecule is CCn1cnnc1CCNC(=O)C1CNCC(=O)N1. The van der Waals surface area contributed by atoms with E-state index in [1.807, 2.05) is 11.5 Å². The molecule has 8 nitrogen and oxygen atoms in total. The minimum absolute atomic E-state index is 0.155. The minimum Gasteiger partial charge on any atom is -0.354 e. The van der Waals surface area contributed by atoms with Crippen LogP contribution < -0.4 is 16.0 Å². The van der Waals surface area contributed by atoms with Gasteiger partial charge in [-0.15, -0.1) is 10.2 Å². The Morgan fingerprint density at radius 3 is 3.21 bits per heavy atom. The van der Waals surface area contributed by atoms with E-state index >= 15 is 0 Å². The van der Waals surface area contributed by atoms with Gasteiger partial charge in [-0.3, -0.25) is 9.59 Å². The third kappa shape index (κ3) is 3.50. The molecule has 0 bridgehead atoms. The van der Waals surface area contributed by atoms with Crippen molar-refractivity contribution < 1.29 is 9.59 Å². The summed E-state index contributed by atoms with van der Waals surface area (Å²) < 4.78 is 1.93. The quantitative estimate of drug-likeness (QED) is 0.575.